The highest BCUT2D eigenvalue weighted by atomic mass is 35.5. The quantitative estimate of drug-likeness (QED) is 0.139. The smallest absolute Gasteiger partial charge is 0.330 e. The topological polar surface area (TPSA) is 126 Å². The van der Waals surface area contributed by atoms with E-state index in [4.69, 9.17) is 27.9 Å². The van der Waals surface area contributed by atoms with Gasteiger partial charge >= 0.3 is 12.0 Å². The lowest BCUT2D eigenvalue weighted by molar-refractivity contribution is -0.147. The van der Waals surface area contributed by atoms with Gasteiger partial charge in [0.1, 0.15) is 12.6 Å². The molecule has 47 heavy (non-hydrogen) atoms. The summed E-state index contributed by atoms with van der Waals surface area (Å²) in [5.41, 5.74) is 3.91. The lowest BCUT2D eigenvalue weighted by atomic mass is 10.1. The Balaban J connectivity index is 1.26. The molecule has 0 fully saturated rings. The number of carbonyl (C=O) groups excluding carboxylic acids is 4. The van der Waals surface area contributed by atoms with Gasteiger partial charge in [-0.3, -0.25) is 9.59 Å². The van der Waals surface area contributed by atoms with E-state index >= 15 is 0 Å². The highest BCUT2D eigenvalue weighted by molar-refractivity contribution is 6.40. The van der Waals surface area contributed by atoms with E-state index in [9.17, 15) is 19.2 Å². The number of ether oxygens (including phenoxy) is 1. The van der Waals surface area contributed by atoms with Crippen LogP contribution in [0.2, 0.25) is 10.0 Å². The van der Waals surface area contributed by atoms with Crippen LogP contribution in [0.4, 0.5) is 4.79 Å². The molecule has 1 unspecified atom stereocenters. The maximum atomic E-state index is 13.5. The average molecular weight is 674 g/mol. The highest BCUT2D eigenvalue weighted by Crippen LogP contribution is 2.30. The zero-order valence-corrected chi connectivity index (χ0v) is 27.1. The molecule has 9 nitrogen and oxygen atoms in total. The molecule has 0 heterocycles. The van der Waals surface area contributed by atoms with E-state index < -0.39 is 29.9 Å². The lowest BCUT2D eigenvalue weighted by Crippen LogP contribution is -2.51. The molecule has 0 saturated carbocycles. The molecule has 4 N–H and O–H groups in total. The zero-order chi connectivity index (χ0) is 33.3. The number of urea groups is 1. The number of nitrogens with one attached hydrogen (secondary N) is 4. The van der Waals surface area contributed by atoms with Crippen LogP contribution in [0.1, 0.15) is 68.4 Å². The van der Waals surface area contributed by atoms with Gasteiger partial charge in [0.25, 0.3) is 11.8 Å². The molecule has 1 aliphatic carbocycles. The van der Waals surface area contributed by atoms with E-state index in [0.29, 0.717) is 0 Å². The Kier molecular flexibility index (Phi) is 11.1. The number of esters is 1. The molecule has 0 aromatic heterocycles. The monoisotopic (exact) mass is 672 g/mol. The van der Waals surface area contributed by atoms with E-state index in [1.165, 1.54) is 17.7 Å². The Morgan fingerprint density at radius 2 is 1.47 bits per heavy atom. The maximum absolute atomic E-state index is 13.5. The summed E-state index contributed by atoms with van der Waals surface area (Å²) in [6.45, 7) is 1.53. The summed E-state index contributed by atoms with van der Waals surface area (Å²) in [5.74, 6) is -1.98. The van der Waals surface area contributed by atoms with Gasteiger partial charge in [-0.1, -0.05) is 108 Å². The molecule has 0 spiro atoms. The summed E-state index contributed by atoms with van der Waals surface area (Å²) < 4.78 is 5.48. The van der Waals surface area contributed by atoms with Gasteiger partial charge in [0.2, 0.25) is 0 Å². The first kappa shape index (κ1) is 33.5. The number of amides is 4. The first-order valence-electron chi connectivity index (χ1n) is 15.2. The van der Waals surface area contributed by atoms with E-state index in [0.717, 1.165) is 29.5 Å². The van der Waals surface area contributed by atoms with Gasteiger partial charge in [0.05, 0.1) is 34.2 Å². The van der Waals surface area contributed by atoms with E-state index in [-0.39, 0.29) is 46.4 Å². The van der Waals surface area contributed by atoms with E-state index in [2.05, 4.69) is 21.3 Å². The van der Waals surface area contributed by atoms with Gasteiger partial charge in [-0.2, -0.15) is 0 Å². The number of hydrogen-bond acceptors (Lipinski definition) is 5. The van der Waals surface area contributed by atoms with Crippen molar-refractivity contribution in [1.29, 1.82) is 0 Å². The predicted molar refractivity (Wildman–Crippen MR) is 180 cm³/mol. The van der Waals surface area contributed by atoms with Gasteiger partial charge in [-0.05, 0) is 54.2 Å². The van der Waals surface area contributed by atoms with Crippen LogP contribution in [-0.2, 0) is 22.6 Å². The minimum atomic E-state index is -1.28. The molecule has 4 aromatic rings. The summed E-state index contributed by atoms with van der Waals surface area (Å²) in [4.78, 5) is 52.5. The summed E-state index contributed by atoms with van der Waals surface area (Å²) in [6, 6.07) is 26.8. The molecule has 0 saturated heterocycles. The fourth-order valence-electron chi connectivity index (χ4n) is 5.39. The van der Waals surface area contributed by atoms with Crippen LogP contribution in [0.3, 0.4) is 0 Å². The normalized spacial score (nSPS) is 14.7. The molecule has 0 radical (unpaired) electrons. The van der Waals surface area contributed by atoms with Crippen molar-refractivity contribution in [1.82, 2.24) is 21.3 Å². The summed E-state index contributed by atoms with van der Waals surface area (Å²) >= 11 is 12.9. The second-order valence-electron chi connectivity index (χ2n) is 11.2. The fourth-order valence-corrected chi connectivity index (χ4v) is 6.05. The number of fused-ring (bicyclic) bond motifs is 1. The molecule has 0 bridgehead atoms. The van der Waals surface area contributed by atoms with Crippen LogP contribution >= 0.6 is 23.2 Å². The van der Waals surface area contributed by atoms with Crippen LogP contribution in [0.15, 0.2) is 97.1 Å². The third-order valence-electron chi connectivity index (χ3n) is 7.90. The van der Waals surface area contributed by atoms with Crippen LogP contribution in [-0.4, -0.2) is 36.4 Å². The molecule has 0 aliphatic heterocycles. The molecule has 4 amide bonds. The van der Waals surface area contributed by atoms with Crippen LogP contribution in [0, 0.1) is 0 Å². The van der Waals surface area contributed by atoms with Gasteiger partial charge < -0.3 is 26.0 Å². The average Bonchev–Trinajstić information content (AvgIpc) is 3.48. The Bertz CT molecular complexity index is 1730. The Morgan fingerprint density at radius 3 is 2.17 bits per heavy atom. The van der Waals surface area contributed by atoms with Crippen molar-refractivity contribution in [3.63, 3.8) is 0 Å². The number of aryl methyl sites for hydroxylation is 1. The van der Waals surface area contributed by atoms with Crippen molar-refractivity contribution >= 4 is 47.0 Å². The Hall–Kier alpha value is -4.86. The van der Waals surface area contributed by atoms with E-state index in [1.54, 1.807) is 12.1 Å². The standard InChI is InChI=1S/C36H34Cl2N4O5/c1-22(24-12-6-3-7-13-24)40-33(43)26-18-28(37)32(29(38)19-26)34(44)41-31(35(45)47-21-23-10-4-2-5-11-23)20-39-36(46)42-30-17-16-25-14-8-9-15-27(25)30/h2-15,18-19,22,30-31H,16-17,20-21H2,1H3,(H,40,43)(H,41,44)(H2,39,42,46)/t22-,30-,31?/m1/s1. The molecular formula is C36H34Cl2N4O5. The van der Waals surface area contributed by atoms with Crippen LogP contribution in [0.25, 0.3) is 0 Å². The predicted octanol–water partition coefficient (Wildman–Crippen LogP) is 6.31. The summed E-state index contributed by atoms with van der Waals surface area (Å²) in [7, 11) is 0. The number of halogens is 2. The second-order valence-corrected chi connectivity index (χ2v) is 12.0. The molecule has 4 aromatic carbocycles. The largest absolute Gasteiger partial charge is 0.459 e. The van der Waals surface area contributed by atoms with Crippen molar-refractivity contribution in [3.05, 3.63) is 140 Å². The lowest BCUT2D eigenvalue weighted by Gasteiger charge is -2.21. The van der Waals surface area contributed by atoms with Gasteiger partial charge in [-0.25, -0.2) is 9.59 Å². The fraction of sp³-hybridized carbons (Fsp3) is 0.222. The highest BCUT2D eigenvalue weighted by Gasteiger charge is 2.28. The van der Waals surface area contributed by atoms with Gasteiger partial charge in [-0.15, -0.1) is 0 Å². The minimum Gasteiger partial charge on any atom is -0.459 e. The van der Waals surface area contributed by atoms with Crippen molar-refractivity contribution in [2.24, 2.45) is 0 Å². The first-order chi connectivity index (χ1) is 22.7. The maximum Gasteiger partial charge on any atom is 0.330 e. The van der Waals surface area contributed by atoms with Gasteiger partial charge in [0, 0.05) is 5.56 Å². The molecule has 1 aliphatic rings. The van der Waals surface area contributed by atoms with Crippen LogP contribution in [0.5, 0.6) is 0 Å². The molecule has 11 heteroatoms. The minimum absolute atomic E-state index is 0.0379. The van der Waals surface area contributed by atoms with E-state index in [1.807, 2.05) is 79.7 Å². The van der Waals surface area contributed by atoms with Crippen molar-refractivity contribution in [2.75, 3.05) is 6.54 Å². The number of carbonyl (C=O) groups is 4. The molecule has 242 valence electrons. The Labute approximate surface area is 283 Å². The molecule has 5 rings (SSSR count). The van der Waals surface area contributed by atoms with Crippen molar-refractivity contribution < 1.29 is 23.9 Å². The van der Waals surface area contributed by atoms with Crippen LogP contribution < -0.4 is 21.3 Å². The van der Waals surface area contributed by atoms with Crippen molar-refractivity contribution in [3.8, 4) is 0 Å². The number of rotatable bonds is 11. The molecular weight excluding hydrogens is 639 g/mol. The van der Waals surface area contributed by atoms with Gasteiger partial charge in [0.15, 0.2) is 0 Å². The molecule has 3 atom stereocenters. The van der Waals surface area contributed by atoms with Crippen molar-refractivity contribution in [2.45, 2.75) is 44.5 Å². The SMILES string of the molecule is C[C@@H](NC(=O)c1cc(Cl)c(C(=O)NC(CNC(=O)N[C@@H]2CCc3ccccc32)C(=O)OCc2ccccc2)c(Cl)c1)c1ccccc1. The zero-order valence-electron chi connectivity index (χ0n) is 25.6. The first-order valence-corrected chi connectivity index (χ1v) is 15.9. The summed E-state index contributed by atoms with van der Waals surface area (Å²) in [5, 5.41) is 10.9. The third-order valence-corrected chi connectivity index (χ3v) is 8.49. The number of benzene rings is 4. The Morgan fingerprint density at radius 1 is 0.830 bits per heavy atom. The number of hydrogen-bond donors (Lipinski definition) is 4. The third kappa shape index (κ3) is 8.69. The second kappa shape index (κ2) is 15.6. The summed E-state index contributed by atoms with van der Waals surface area (Å²) in [6.07, 6.45) is 1.60.